The number of aliphatic hydroxyl groups excluding tert-OH is 1. The maximum atomic E-state index is 10.7. The number of primary amides is 1. The van der Waals surface area contributed by atoms with Crippen LogP contribution in [0, 0.1) is 0 Å². The van der Waals surface area contributed by atoms with E-state index >= 15 is 0 Å². The van der Waals surface area contributed by atoms with Gasteiger partial charge in [0.2, 0.25) is 0 Å². The molecule has 5 nitrogen and oxygen atoms in total. The molecule has 1 rings (SSSR count). The lowest BCUT2D eigenvalue weighted by molar-refractivity contribution is -0.119. The maximum Gasteiger partial charge on any atom is 0.255 e. The van der Waals surface area contributed by atoms with E-state index in [9.17, 15) is 4.79 Å². The van der Waals surface area contributed by atoms with E-state index in [1.165, 1.54) is 0 Å². The number of carbonyl (C=O) groups excluding carboxylic acids is 1. The van der Waals surface area contributed by atoms with Crippen LogP contribution in [0.25, 0.3) is 0 Å². The summed E-state index contributed by atoms with van der Waals surface area (Å²) in [5.41, 5.74) is 5.97. The zero-order valence-electron chi connectivity index (χ0n) is 11.3. The van der Waals surface area contributed by atoms with E-state index in [1.807, 2.05) is 19.1 Å². The number of amides is 1. The number of hydrogen-bond donors (Lipinski definition) is 3. The second kappa shape index (κ2) is 9.99. The highest BCUT2D eigenvalue weighted by Crippen LogP contribution is 2.23. The molecule has 1 atom stereocenters. The van der Waals surface area contributed by atoms with Crippen LogP contribution in [0.1, 0.15) is 18.9 Å². The van der Waals surface area contributed by atoms with Gasteiger partial charge in [0.25, 0.3) is 5.91 Å². The Morgan fingerprint density at radius 2 is 2.25 bits per heavy atom. The van der Waals surface area contributed by atoms with Crippen LogP contribution in [-0.2, 0) is 11.3 Å². The first-order chi connectivity index (χ1) is 9.06. The minimum atomic E-state index is -0.511. The van der Waals surface area contributed by atoms with E-state index in [1.54, 1.807) is 6.07 Å². The van der Waals surface area contributed by atoms with Crippen LogP contribution in [0.4, 0.5) is 0 Å². The summed E-state index contributed by atoms with van der Waals surface area (Å²) in [4.78, 5) is 10.7. The topological polar surface area (TPSA) is 84.6 Å². The molecular weight excluding hydrogens is 348 g/mol. The molecule has 114 valence electrons. The first-order valence-electron chi connectivity index (χ1n) is 6.10. The Morgan fingerprint density at radius 3 is 2.80 bits per heavy atom. The van der Waals surface area contributed by atoms with E-state index < -0.39 is 5.91 Å². The molecule has 1 aromatic carbocycles. The average molecular weight is 368 g/mol. The number of benzene rings is 1. The molecule has 4 N–H and O–H groups in total. The molecule has 0 bridgehead atoms. The number of halogens is 2. The first kappa shape index (κ1) is 19.2. The number of carbonyl (C=O) groups is 1. The van der Waals surface area contributed by atoms with Gasteiger partial charge in [0.05, 0.1) is 6.61 Å². The van der Waals surface area contributed by atoms with Gasteiger partial charge >= 0.3 is 0 Å². The van der Waals surface area contributed by atoms with Crippen molar-refractivity contribution < 1.29 is 14.6 Å². The predicted octanol–water partition coefficient (Wildman–Crippen LogP) is 1.60. The molecule has 0 spiro atoms. The Labute approximate surface area is 133 Å². The molecule has 0 saturated heterocycles. The highest BCUT2D eigenvalue weighted by molar-refractivity contribution is 9.10. The molecule has 0 heterocycles. The van der Waals surface area contributed by atoms with E-state index in [0.717, 1.165) is 16.5 Å². The van der Waals surface area contributed by atoms with Gasteiger partial charge in [-0.15, -0.1) is 12.4 Å². The van der Waals surface area contributed by atoms with Crippen molar-refractivity contribution in [3.8, 4) is 5.75 Å². The minimum absolute atomic E-state index is 0. The van der Waals surface area contributed by atoms with E-state index in [0.29, 0.717) is 12.3 Å². The molecule has 0 aliphatic rings. The Kier molecular flexibility index (Phi) is 9.58. The summed E-state index contributed by atoms with van der Waals surface area (Å²) in [7, 11) is 0. The average Bonchev–Trinajstić information content (AvgIpc) is 2.38. The number of hydrogen-bond acceptors (Lipinski definition) is 4. The maximum absolute atomic E-state index is 10.7. The summed E-state index contributed by atoms with van der Waals surface area (Å²) in [5.74, 6) is 0.103. The van der Waals surface area contributed by atoms with Crippen molar-refractivity contribution in [2.75, 3.05) is 13.2 Å². The Balaban J connectivity index is 0.00000361. The molecule has 1 aromatic rings. The molecule has 0 aromatic heterocycles. The molecule has 0 radical (unpaired) electrons. The molecule has 0 aliphatic carbocycles. The van der Waals surface area contributed by atoms with Crippen molar-refractivity contribution in [1.82, 2.24) is 5.32 Å². The van der Waals surface area contributed by atoms with Crippen LogP contribution in [-0.4, -0.2) is 30.3 Å². The second-order valence-corrected chi connectivity index (χ2v) is 5.09. The van der Waals surface area contributed by atoms with Gasteiger partial charge in [-0.1, -0.05) is 22.9 Å². The van der Waals surface area contributed by atoms with Crippen LogP contribution in [0.15, 0.2) is 22.7 Å². The van der Waals surface area contributed by atoms with Crippen molar-refractivity contribution in [2.24, 2.45) is 5.73 Å². The number of nitrogens with two attached hydrogens (primary N) is 1. The van der Waals surface area contributed by atoms with Crippen molar-refractivity contribution in [3.63, 3.8) is 0 Å². The first-order valence-corrected chi connectivity index (χ1v) is 6.89. The van der Waals surface area contributed by atoms with Gasteiger partial charge in [-0.3, -0.25) is 4.79 Å². The molecule has 0 saturated carbocycles. The van der Waals surface area contributed by atoms with Gasteiger partial charge in [0.1, 0.15) is 5.75 Å². The summed E-state index contributed by atoms with van der Waals surface area (Å²) < 4.78 is 6.28. The third-order valence-electron chi connectivity index (χ3n) is 2.69. The van der Waals surface area contributed by atoms with Crippen LogP contribution in [0.5, 0.6) is 5.75 Å². The molecule has 1 amide bonds. The SMILES string of the molecule is CCC(CO)NCc1cc(Br)ccc1OCC(N)=O.Cl. The van der Waals surface area contributed by atoms with Crippen molar-refractivity contribution >= 4 is 34.2 Å². The third-order valence-corrected chi connectivity index (χ3v) is 3.18. The summed E-state index contributed by atoms with van der Waals surface area (Å²) >= 11 is 3.39. The number of ether oxygens (including phenoxy) is 1. The fourth-order valence-corrected chi connectivity index (χ4v) is 1.98. The quantitative estimate of drug-likeness (QED) is 0.651. The van der Waals surface area contributed by atoms with E-state index in [-0.39, 0.29) is 31.7 Å². The van der Waals surface area contributed by atoms with Gasteiger partial charge in [0, 0.05) is 22.6 Å². The minimum Gasteiger partial charge on any atom is -0.483 e. The monoisotopic (exact) mass is 366 g/mol. The lowest BCUT2D eigenvalue weighted by Gasteiger charge is -2.16. The van der Waals surface area contributed by atoms with Gasteiger partial charge in [-0.2, -0.15) is 0 Å². The van der Waals surface area contributed by atoms with Crippen LogP contribution in [0.3, 0.4) is 0 Å². The molecule has 1 unspecified atom stereocenters. The highest BCUT2D eigenvalue weighted by Gasteiger charge is 2.09. The zero-order chi connectivity index (χ0) is 14.3. The smallest absolute Gasteiger partial charge is 0.255 e. The van der Waals surface area contributed by atoms with E-state index in [2.05, 4.69) is 21.2 Å². The summed E-state index contributed by atoms with van der Waals surface area (Å²) in [6, 6.07) is 5.57. The summed E-state index contributed by atoms with van der Waals surface area (Å²) in [5, 5.41) is 12.4. The lowest BCUT2D eigenvalue weighted by Crippen LogP contribution is -2.31. The van der Waals surface area contributed by atoms with Crippen LogP contribution >= 0.6 is 28.3 Å². The fraction of sp³-hybridized carbons (Fsp3) is 0.462. The number of rotatable bonds is 8. The predicted molar refractivity (Wildman–Crippen MR) is 84.1 cm³/mol. The largest absolute Gasteiger partial charge is 0.483 e. The molecule has 20 heavy (non-hydrogen) atoms. The molecule has 7 heteroatoms. The molecule has 0 aliphatic heterocycles. The lowest BCUT2D eigenvalue weighted by atomic mass is 10.1. The standard InChI is InChI=1S/C13H19BrN2O3.ClH/c1-2-11(7-17)16-6-9-5-10(14)3-4-12(9)19-8-13(15)18;/h3-5,11,16-17H,2,6-8H2,1H3,(H2,15,18);1H. The Morgan fingerprint density at radius 1 is 1.55 bits per heavy atom. The van der Waals surface area contributed by atoms with Crippen LogP contribution in [0.2, 0.25) is 0 Å². The summed E-state index contributed by atoms with van der Waals surface area (Å²) in [6.07, 6.45) is 0.835. The van der Waals surface area contributed by atoms with E-state index in [4.69, 9.17) is 15.6 Å². The van der Waals surface area contributed by atoms with Crippen LogP contribution < -0.4 is 15.8 Å². The zero-order valence-corrected chi connectivity index (χ0v) is 13.7. The van der Waals surface area contributed by atoms with Gasteiger partial charge < -0.3 is 20.9 Å². The number of aliphatic hydroxyl groups is 1. The Hall–Kier alpha value is -0.820. The Bertz CT molecular complexity index is 428. The van der Waals surface area contributed by atoms with Gasteiger partial charge in [-0.05, 0) is 24.6 Å². The molecular formula is C13H20BrClN2O3. The third kappa shape index (κ3) is 6.56. The second-order valence-electron chi connectivity index (χ2n) is 4.18. The molecule has 0 fully saturated rings. The van der Waals surface area contributed by atoms with Crippen molar-refractivity contribution in [3.05, 3.63) is 28.2 Å². The fourth-order valence-electron chi connectivity index (χ4n) is 1.57. The van der Waals surface area contributed by atoms with Crippen molar-refractivity contribution in [1.29, 1.82) is 0 Å². The normalized spacial score (nSPS) is 11.6. The summed E-state index contributed by atoms with van der Waals surface area (Å²) in [6.45, 7) is 2.49. The van der Waals surface area contributed by atoms with Crippen molar-refractivity contribution in [2.45, 2.75) is 25.9 Å². The number of nitrogens with one attached hydrogen (secondary N) is 1. The van der Waals surface area contributed by atoms with Gasteiger partial charge in [0.15, 0.2) is 6.61 Å². The van der Waals surface area contributed by atoms with Gasteiger partial charge in [-0.25, -0.2) is 0 Å². The highest BCUT2D eigenvalue weighted by atomic mass is 79.9.